The molecule has 14 heavy (non-hydrogen) atoms. The molecule has 1 rings (SSSR count). The molecular formula is C10H15ClN2S. The number of aromatic nitrogens is 2. The molecule has 0 atom stereocenters. The smallest absolute Gasteiger partial charge is 0.142 e. The second-order valence-corrected chi connectivity index (χ2v) is 4.69. The summed E-state index contributed by atoms with van der Waals surface area (Å²) in [5.41, 5.74) is 2.20. The van der Waals surface area contributed by atoms with Crippen molar-refractivity contribution >= 4 is 23.4 Å². The van der Waals surface area contributed by atoms with Crippen LogP contribution in [0.3, 0.4) is 0 Å². The van der Waals surface area contributed by atoms with Crippen molar-refractivity contribution in [3.8, 4) is 0 Å². The maximum Gasteiger partial charge on any atom is 0.154 e. The van der Waals surface area contributed by atoms with Crippen LogP contribution in [-0.4, -0.2) is 16.0 Å². The highest BCUT2D eigenvalue weighted by molar-refractivity contribution is 7.99. The van der Waals surface area contributed by atoms with Crippen molar-refractivity contribution in [1.29, 1.82) is 0 Å². The Bertz CT molecular complexity index is 315. The van der Waals surface area contributed by atoms with E-state index < -0.39 is 0 Å². The quantitative estimate of drug-likeness (QED) is 0.584. The van der Waals surface area contributed by atoms with Crippen molar-refractivity contribution in [2.75, 3.05) is 5.75 Å². The molecule has 0 aliphatic carbocycles. The Labute approximate surface area is 94.5 Å². The number of hydrogen-bond acceptors (Lipinski definition) is 3. The molecule has 0 aliphatic rings. The molecule has 1 aromatic heterocycles. The molecule has 0 spiro atoms. The van der Waals surface area contributed by atoms with E-state index in [0.717, 1.165) is 21.9 Å². The van der Waals surface area contributed by atoms with Gasteiger partial charge in [-0.2, -0.15) is 0 Å². The van der Waals surface area contributed by atoms with Gasteiger partial charge in [-0.15, -0.1) is 22.0 Å². The molecule has 0 unspecified atom stereocenters. The fourth-order valence-corrected chi connectivity index (χ4v) is 2.28. The van der Waals surface area contributed by atoms with Gasteiger partial charge in [0.05, 0.1) is 0 Å². The summed E-state index contributed by atoms with van der Waals surface area (Å²) in [4.78, 5) is 0. The highest BCUT2D eigenvalue weighted by atomic mass is 35.5. The molecule has 0 N–H and O–H groups in total. The van der Waals surface area contributed by atoms with Crippen molar-refractivity contribution in [3.05, 3.63) is 16.3 Å². The van der Waals surface area contributed by atoms with Crippen LogP contribution in [0.4, 0.5) is 0 Å². The van der Waals surface area contributed by atoms with E-state index >= 15 is 0 Å². The topological polar surface area (TPSA) is 25.8 Å². The Morgan fingerprint density at radius 1 is 1.21 bits per heavy atom. The van der Waals surface area contributed by atoms with Crippen molar-refractivity contribution < 1.29 is 0 Å². The molecule has 0 saturated heterocycles. The number of thioether (sulfide) groups is 1. The second kappa shape index (κ2) is 5.56. The maximum atomic E-state index is 5.86. The first-order valence-electron chi connectivity index (χ1n) is 4.79. The Balaban J connectivity index is 2.73. The predicted octanol–water partition coefficient (Wildman–Crippen LogP) is 3.64. The van der Waals surface area contributed by atoms with Gasteiger partial charge in [0.25, 0.3) is 0 Å². The zero-order valence-corrected chi connectivity index (χ0v) is 10.4. The molecule has 78 valence electrons. The summed E-state index contributed by atoms with van der Waals surface area (Å²) in [5.74, 6) is 1.10. The van der Waals surface area contributed by atoms with Crippen LogP contribution in [0.5, 0.6) is 0 Å². The van der Waals surface area contributed by atoms with Crippen molar-refractivity contribution in [3.63, 3.8) is 0 Å². The normalized spacial score (nSPS) is 10.6. The van der Waals surface area contributed by atoms with Gasteiger partial charge in [0.15, 0.2) is 5.15 Å². The Morgan fingerprint density at radius 2 is 1.93 bits per heavy atom. The zero-order valence-electron chi connectivity index (χ0n) is 8.80. The third kappa shape index (κ3) is 2.85. The number of rotatable bonds is 4. The average molecular weight is 231 g/mol. The van der Waals surface area contributed by atoms with Crippen LogP contribution in [0.15, 0.2) is 5.03 Å². The summed E-state index contributed by atoms with van der Waals surface area (Å²) < 4.78 is 0. The minimum absolute atomic E-state index is 0.516. The Kier molecular flexibility index (Phi) is 4.69. The Morgan fingerprint density at radius 3 is 2.57 bits per heavy atom. The molecular weight excluding hydrogens is 216 g/mol. The van der Waals surface area contributed by atoms with E-state index in [2.05, 4.69) is 17.1 Å². The van der Waals surface area contributed by atoms with E-state index in [-0.39, 0.29) is 0 Å². The minimum Gasteiger partial charge on any atom is -0.142 e. The lowest BCUT2D eigenvalue weighted by atomic mass is 10.2. The van der Waals surface area contributed by atoms with E-state index in [4.69, 9.17) is 11.6 Å². The molecule has 0 fully saturated rings. The number of unbranched alkanes of at least 4 members (excludes halogenated alkanes) is 1. The first kappa shape index (κ1) is 11.8. The van der Waals surface area contributed by atoms with Crippen molar-refractivity contribution in [2.45, 2.75) is 38.6 Å². The molecule has 0 bridgehead atoms. The molecule has 2 nitrogen and oxygen atoms in total. The average Bonchev–Trinajstić information content (AvgIpc) is 2.18. The third-order valence-corrected chi connectivity index (χ3v) is 3.67. The lowest BCUT2D eigenvalue weighted by Crippen LogP contribution is -1.95. The van der Waals surface area contributed by atoms with Crippen LogP contribution in [0.1, 0.15) is 30.9 Å². The lowest BCUT2D eigenvalue weighted by molar-refractivity contribution is 0.873. The van der Waals surface area contributed by atoms with Crippen LogP contribution in [0.2, 0.25) is 5.15 Å². The molecule has 4 heteroatoms. The van der Waals surface area contributed by atoms with Crippen LogP contribution in [0, 0.1) is 13.8 Å². The predicted molar refractivity (Wildman–Crippen MR) is 62.1 cm³/mol. The maximum absolute atomic E-state index is 5.86. The van der Waals surface area contributed by atoms with E-state index in [0.29, 0.717) is 5.15 Å². The molecule has 0 saturated carbocycles. The highest BCUT2D eigenvalue weighted by Gasteiger charge is 2.07. The van der Waals surface area contributed by atoms with E-state index in [1.807, 2.05) is 13.8 Å². The Hall–Kier alpha value is -0.280. The van der Waals surface area contributed by atoms with Gasteiger partial charge < -0.3 is 0 Å². The number of nitrogens with zero attached hydrogens (tertiary/aromatic N) is 2. The van der Waals surface area contributed by atoms with Gasteiger partial charge in [-0.05, 0) is 37.1 Å². The molecule has 0 aliphatic heterocycles. The number of hydrogen-bond donors (Lipinski definition) is 0. The van der Waals surface area contributed by atoms with Gasteiger partial charge >= 0.3 is 0 Å². The van der Waals surface area contributed by atoms with E-state index in [1.54, 1.807) is 11.8 Å². The first-order valence-corrected chi connectivity index (χ1v) is 6.15. The fraction of sp³-hybridized carbons (Fsp3) is 0.600. The highest BCUT2D eigenvalue weighted by Crippen LogP contribution is 2.25. The molecule has 1 heterocycles. The molecule has 0 radical (unpaired) electrons. The van der Waals surface area contributed by atoms with E-state index in [9.17, 15) is 0 Å². The molecule has 0 aromatic carbocycles. The first-order chi connectivity index (χ1) is 6.66. The summed E-state index contributed by atoms with van der Waals surface area (Å²) in [6.45, 7) is 6.21. The standard InChI is InChI=1S/C10H15ClN2S/c1-4-5-6-14-10-8(3)7(2)9(11)12-13-10/h4-6H2,1-3H3. The van der Waals surface area contributed by atoms with Crippen molar-refractivity contribution in [1.82, 2.24) is 10.2 Å². The van der Waals surface area contributed by atoms with Crippen LogP contribution >= 0.6 is 23.4 Å². The van der Waals surface area contributed by atoms with Gasteiger partial charge in [0, 0.05) is 0 Å². The summed E-state index contributed by atoms with van der Waals surface area (Å²) in [5, 5.41) is 9.53. The lowest BCUT2D eigenvalue weighted by Gasteiger charge is -2.06. The van der Waals surface area contributed by atoms with Crippen LogP contribution in [-0.2, 0) is 0 Å². The molecule has 1 aromatic rings. The number of halogens is 1. The van der Waals surface area contributed by atoms with Gasteiger partial charge in [-0.3, -0.25) is 0 Å². The van der Waals surface area contributed by atoms with Gasteiger partial charge in [0.2, 0.25) is 0 Å². The fourth-order valence-electron chi connectivity index (χ4n) is 1.00. The largest absolute Gasteiger partial charge is 0.154 e. The summed E-state index contributed by atoms with van der Waals surface area (Å²) in [6.07, 6.45) is 2.43. The summed E-state index contributed by atoms with van der Waals surface area (Å²) in [6, 6.07) is 0. The van der Waals surface area contributed by atoms with Crippen LogP contribution in [0.25, 0.3) is 0 Å². The van der Waals surface area contributed by atoms with Crippen LogP contribution < -0.4 is 0 Å². The SMILES string of the molecule is CCCCSc1nnc(Cl)c(C)c1C. The summed E-state index contributed by atoms with van der Waals surface area (Å²) >= 11 is 7.63. The zero-order chi connectivity index (χ0) is 10.6. The van der Waals surface area contributed by atoms with Gasteiger partial charge in [-0.25, -0.2) is 0 Å². The third-order valence-electron chi connectivity index (χ3n) is 2.16. The second-order valence-electron chi connectivity index (χ2n) is 3.25. The van der Waals surface area contributed by atoms with Gasteiger partial charge in [0.1, 0.15) is 5.03 Å². The minimum atomic E-state index is 0.516. The molecule has 0 amide bonds. The van der Waals surface area contributed by atoms with E-state index in [1.165, 1.54) is 12.8 Å². The monoisotopic (exact) mass is 230 g/mol. The van der Waals surface area contributed by atoms with Crippen molar-refractivity contribution in [2.24, 2.45) is 0 Å². The summed E-state index contributed by atoms with van der Waals surface area (Å²) in [7, 11) is 0. The van der Waals surface area contributed by atoms with Gasteiger partial charge in [-0.1, -0.05) is 24.9 Å².